The third-order valence-corrected chi connectivity index (χ3v) is 4.30. The standard InChI is InChI=1S/C21H23N3O2/c1-15(2)12-18(16-8-4-3-5-9-16)23-20(25)14-24-19-11-7-6-10-17(19)22-13-21(24)26/h3-11,13,15,18H,12,14H2,1-2H3,(H,23,25)/t18-/m0/s1. The summed E-state index contributed by atoms with van der Waals surface area (Å²) in [5.41, 5.74) is 2.15. The number of hydrogen-bond donors (Lipinski definition) is 1. The summed E-state index contributed by atoms with van der Waals surface area (Å²) in [4.78, 5) is 29.0. The highest BCUT2D eigenvalue weighted by atomic mass is 16.2. The Morgan fingerprint density at radius 1 is 1.08 bits per heavy atom. The number of para-hydroxylation sites is 2. The van der Waals surface area contributed by atoms with Crippen molar-refractivity contribution in [1.82, 2.24) is 14.9 Å². The minimum absolute atomic E-state index is 0.0245. The van der Waals surface area contributed by atoms with Gasteiger partial charge in [0.2, 0.25) is 5.91 Å². The van der Waals surface area contributed by atoms with Gasteiger partial charge in [-0.3, -0.25) is 14.2 Å². The highest BCUT2D eigenvalue weighted by molar-refractivity contribution is 5.80. The predicted octanol–water partition coefficient (Wildman–Crippen LogP) is 3.30. The Kier molecular flexibility index (Phi) is 5.46. The number of nitrogens with one attached hydrogen (secondary N) is 1. The van der Waals surface area contributed by atoms with E-state index in [1.54, 1.807) is 6.07 Å². The van der Waals surface area contributed by atoms with Crippen molar-refractivity contribution < 1.29 is 4.79 Å². The van der Waals surface area contributed by atoms with Crippen LogP contribution in [0.15, 0.2) is 65.6 Å². The maximum absolute atomic E-state index is 12.7. The maximum atomic E-state index is 12.7. The number of fused-ring (bicyclic) bond motifs is 1. The number of aromatic nitrogens is 2. The van der Waals surface area contributed by atoms with Crippen LogP contribution in [0.2, 0.25) is 0 Å². The molecule has 0 unspecified atom stereocenters. The van der Waals surface area contributed by atoms with Crippen LogP contribution in [-0.4, -0.2) is 15.5 Å². The summed E-state index contributed by atoms with van der Waals surface area (Å²) in [6.45, 7) is 4.23. The molecule has 1 heterocycles. The molecule has 0 spiro atoms. The molecule has 0 saturated carbocycles. The molecule has 0 aliphatic carbocycles. The second-order valence-electron chi connectivity index (χ2n) is 6.83. The Labute approximate surface area is 152 Å². The van der Waals surface area contributed by atoms with Gasteiger partial charge in [0, 0.05) is 0 Å². The normalized spacial score (nSPS) is 12.3. The Bertz CT molecular complexity index is 948. The second kappa shape index (κ2) is 7.95. The lowest BCUT2D eigenvalue weighted by Gasteiger charge is -2.21. The van der Waals surface area contributed by atoms with Crippen molar-refractivity contribution in [2.24, 2.45) is 5.92 Å². The van der Waals surface area contributed by atoms with E-state index in [9.17, 15) is 9.59 Å². The molecule has 3 aromatic rings. The van der Waals surface area contributed by atoms with Crippen LogP contribution in [0.5, 0.6) is 0 Å². The molecule has 1 aromatic heterocycles. The molecule has 3 rings (SSSR count). The highest BCUT2D eigenvalue weighted by Gasteiger charge is 2.17. The van der Waals surface area contributed by atoms with Crippen molar-refractivity contribution in [1.29, 1.82) is 0 Å². The molecule has 0 radical (unpaired) electrons. The van der Waals surface area contributed by atoms with Gasteiger partial charge in [-0.2, -0.15) is 0 Å². The summed E-state index contributed by atoms with van der Waals surface area (Å²) >= 11 is 0. The molecule has 0 aliphatic heterocycles. The van der Waals surface area contributed by atoms with Crippen molar-refractivity contribution >= 4 is 16.9 Å². The SMILES string of the molecule is CC(C)C[C@H](NC(=O)Cn1c(=O)cnc2ccccc21)c1ccccc1. The zero-order chi connectivity index (χ0) is 18.5. The Hall–Kier alpha value is -2.95. The van der Waals surface area contributed by atoms with Gasteiger partial charge >= 0.3 is 0 Å². The summed E-state index contributed by atoms with van der Waals surface area (Å²) in [5.74, 6) is 0.253. The van der Waals surface area contributed by atoms with Crippen LogP contribution in [0.3, 0.4) is 0 Å². The fraction of sp³-hybridized carbons (Fsp3) is 0.286. The van der Waals surface area contributed by atoms with Crippen LogP contribution in [0.25, 0.3) is 11.0 Å². The van der Waals surface area contributed by atoms with Crippen molar-refractivity contribution in [2.45, 2.75) is 32.9 Å². The Morgan fingerprint density at radius 2 is 1.77 bits per heavy atom. The number of hydrogen-bond acceptors (Lipinski definition) is 3. The molecular weight excluding hydrogens is 326 g/mol. The van der Waals surface area contributed by atoms with E-state index in [0.717, 1.165) is 12.0 Å². The average Bonchev–Trinajstić information content (AvgIpc) is 2.64. The largest absolute Gasteiger partial charge is 0.348 e. The van der Waals surface area contributed by atoms with E-state index in [0.29, 0.717) is 17.0 Å². The van der Waals surface area contributed by atoms with Crippen LogP contribution >= 0.6 is 0 Å². The predicted molar refractivity (Wildman–Crippen MR) is 103 cm³/mol. The average molecular weight is 349 g/mol. The molecular formula is C21H23N3O2. The lowest BCUT2D eigenvalue weighted by molar-refractivity contribution is -0.122. The van der Waals surface area contributed by atoms with E-state index < -0.39 is 0 Å². The Balaban J connectivity index is 1.83. The molecule has 5 heteroatoms. The molecule has 0 saturated heterocycles. The van der Waals surface area contributed by atoms with Gasteiger partial charge in [0.15, 0.2) is 0 Å². The summed E-state index contributed by atoms with van der Waals surface area (Å²) in [6, 6.07) is 17.2. The molecule has 0 bridgehead atoms. The van der Waals surface area contributed by atoms with E-state index >= 15 is 0 Å². The van der Waals surface area contributed by atoms with Crippen molar-refractivity contribution in [3.63, 3.8) is 0 Å². The molecule has 134 valence electrons. The summed E-state index contributed by atoms with van der Waals surface area (Å²) in [7, 11) is 0. The first-order chi connectivity index (χ1) is 12.5. The summed E-state index contributed by atoms with van der Waals surface area (Å²) < 4.78 is 1.47. The van der Waals surface area contributed by atoms with E-state index in [2.05, 4.69) is 24.1 Å². The van der Waals surface area contributed by atoms with Crippen LogP contribution in [-0.2, 0) is 11.3 Å². The van der Waals surface area contributed by atoms with Crippen LogP contribution in [0.4, 0.5) is 0 Å². The lowest BCUT2D eigenvalue weighted by atomic mass is 9.97. The topological polar surface area (TPSA) is 64.0 Å². The van der Waals surface area contributed by atoms with Crippen molar-refractivity contribution in [2.75, 3.05) is 0 Å². The number of nitrogens with zero attached hydrogens (tertiary/aromatic N) is 2. The lowest BCUT2D eigenvalue weighted by Crippen LogP contribution is -2.35. The van der Waals surface area contributed by atoms with Gasteiger partial charge in [0.25, 0.3) is 5.56 Å². The van der Waals surface area contributed by atoms with Gasteiger partial charge < -0.3 is 5.32 Å². The van der Waals surface area contributed by atoms with Crippen molar-refractivity contribution in [3.05, 3.63) is 76.7 Å². The fourth-order valence-electron chi connectivity index (χ4n) is 3.10. The number of benzene rings is 2. The zero-order valence-corrected chi connectivity index (χ0v) is 15.1. The smallest absolute Gasteiger partial charge is 0.269 e. The van der Waals surface area contributed by atoms with Gasteiger partial charge in [-0.1, -0.05) is 56.3 Å². The molecule has 0 fully saturated rings. The van der Waals surface area contributed by atoms with Crippen LogP contribution in [0, 0.1) is 5.92 Å². The van der Waals surface area contributed by atoms with Crippen molar-refractivity contribution in [3.8, 4) is 0 Å². The van der Waals surface area contributed by atoms with Gasteiger partial charge in [-0.15, -0.1) is 0 Å². The van der Waals surface area contributed by atoms with Gasteiger partial charge in [0.05, 0.1) is 23.3 Å². The monoisotopic (exact) mass is 349 g/mol. The van der Waals surface area contributed by atoms with Crippen LogP contribution in [0.1, 0.15) is 31.9 Å². The van der Waals surface area contributed by atoms with E-state index in [1.807, 2.05) is 48.5 Å². The quantitative estimate of drug-likeness (QED) is 0.743. The number of carbonyl (C=O) groups is 1. The first-order valence-electron chi connectivity index (χ1n) is 8.83. The van der Waals surface area contributed by atoms with Crippen LogP contribution < -0.4 is 10.9 Å². The minimum Gasteiger partial charge on any atom is -0.348 e. The zero-order valence-electron chi connectivity index (χ0n) is 15.1. The highest BCUT2D eigenvalue weighted by Crippen LogP contribution is 2.21. The molecule has 0 aliphatic rings. The van der Waals surface area contributed by atoms with E-state index in [1.165, 1.54) is 10.8 Å². The second-order valence-corrected chi connectivity index (χ2v) is 6.83. The van der Waals surface area contributed by atoms with Gasteiger partial charge in [0.1, 0.15) is 6.54 Å². The minimum atomic E-state index is -0.279. The molecule has 1 atom stereocenters. The first kappa shape index (κ1) is 17.9. The molecule has 1 N–H and O–H groups in total. The van der Waals surface area contributed by atoms with Gasteiger partial charge in [-0.05, 0) is 30.0 Å². The van der Waals surface area contributed by atoms with Gasteiger partial charge in [-0.25, -0.2) is 4.98 Å². The van der Waals surface area contributed by atoms with E-state index in [4.69, 9.17) is 0 Å². The molecule has 26 heavy (non-hydrogen) atoms. The summed E-state index contributed by atoms with van der Waals surface area (Å²) in [6.07, 6.45) is 2.10. The molecule has 1 amide bonds. The first-order valence-corrected chi connectivity index (χ1v) is 8.83. The third kappa shape index (κ3) is 4.17. The third-order valence-electron chi connectivity index (χ3n) is 4.30. The number of amides is 1. The summed E-state index contributed by atoms with van der Waals surface area (Å²) in [5, 5.41) is 3.09. The molecule has 5 nitrogen and oxygen atoms in total. The fourth-order valence-corrected chi connectivity index (χ4v) is 3.10. The number of carbonyl (C=O) groups excluding carboxylic acids is 1. The number of rotatable bonds is 6. The molecule has 2 aromatic carbocycles. The maximum Gasteiger partial charge on any atom is 0.269 e. The van der Waals surface area contributed by atoms with E-state index in [-0.39, 0.29) is 24.1 Å². The Morgan fingerprint density at radius 3 is 2.50 bits per heavy atom.